The van der Waals surface area contributed by atoms with E-state index in [4.69, 9.17) is 0 Å². The largest absolute Gasteiger partial charge is 0.312 e. The molecule has 2 nitrogen and oxygen atoms in total. The van der Waals surface area contributed by atoms with Gasteiger partial charge in [-0.1, -0.05) is 13.8 Å². The minimum atomic E-state index is 0.209. The van der Waals surface area contributed by atoms with Crippen LogP contribution in [0.5, 0.6) is 0 Å². The van der Waals surface area contributed by atoms with Gasteiger partial charge in [0.05, 0.1) is 5.51 Å². The van der Waals surface area contributed by atoms with E-state index in [1.165, 1.54) is 4.88 Å². The van der Waals surface area contributed by atoms with E-state index in [0.29, 0.717) is 11.8 Å². The highest BCUT2D eigenvalue weighted by Crippen LogP contribution is 2.19. The zero-order valence-electron chi connectivity index (χ0n) is 11.1. The summed E-state index contributed by atoms with van der Waals surface area (Å²) in [7, 11) is 0. The van der Waals surface area contributed by atoms with E-state index in [2.05, 4.69) is 44.9 Å². The van der Waals surface area contributed by atoms with Crippen molar-refractivity contribution in [2.45, 2.75) is 46.6 Å². The maximum atomic E-state index is 4.14. The van der Waals surface area contributed by atoms with Crippen molar-refractivity contribution < 1.29 is 0 Å². The van der Waals surface area contributed by atoms with E-state index < -0.39 is 0 Å². The Kier molecular flexibility index (Phi) is 4.93. The lowest BCUT2D eigenvalue weighted by Crippen LogP contribution is -2.40. The van der Waals surface area contributed by atoms with Gasteiger partial charge in [-0.25, -0.2) is 0 Å². The molecule has 1 unspecified atom stereocenters. The molecule has 92 valence electrons. The van der Waals surface area contributed by atoms with Crippen molar-refractivity contribution in [3.63, 3.8) is 0 Å². The third-order valence-electron chi connectivity index (χ3n) is 2.78. The molecule has 1 rings (SSSR count). The van der Waals surface area contributed by atoms with Crippen molar-refractivity contribution in [2.24, 2.45) is 11.8 Å². The Balaban J connectivity index is 2.48. The third kappa shape index (κ3) is 5.08. The van der Waals surface area contributed by atoms with Crippen LogP contribution in [-0.2, 0) is 6.42 Å². The van der Waals surface area contributed by atoms with Crippen LogP contribution >= 0.6 is 11.3 Å². The minimum absolute atomic E-state index is 0.209. The van der Waals surface area contributed by atoms with Gasteiger partial charge in [0.2, 0.25) is 0 Å². The summed E-state index contributed by atoms with van der Waals surface area (Å²) in [5.74, 6) is 1.40. The summed E-state index contributed by atoms with van der Waals surface area (Å²) in [6.07, 6.45) is 3.14. The van der Waals surface area contributed by atoms with E-state index in [1.54, 1.807) is 11.3 Å². The lowest BCUT2D eigenvalue weighted by atomic mass is 9.91. The molecule has 1 heterocycles. The Hall–Kier alpha value is -0.410. The maximum absolute atomic E-state index is 4.14. The molecular weight excluding hydrogens is 216 g/mol. The molecular formula is C13H24N2S. The predicted octanol–water partition coefficient (Wildman–Crippen LogP) is 3.35. The monoisotopic (exact) mass is 240 g/mol. The van der Waals surface area contributed by atoms with Crippen molar-refractivity contribution in [3.8, 4) is 0 Å². The molecule has 1 atom stereocenters. The molecule has 0 radical (unpaired) electrons. The van der Waals surface area contributed by atoms with Crippen LogP contribution < -0.4 is 5.32 Å². The van der Waals surface area contributed by atoms with Gasteiger partial charge in [-0.15, -0.1) is 11.3 Å². The number of hydrogen-bond donors (Lipinski definition) is 1. The predicted molar refractivity (Wildman–Crippen MR) is 71.9 cm³/mol. The standard InChI is InChI=1S/C13H24N2S/c1-10(2)11(7-15-13(3,4)5)6-12-8-14-9-16-12/h8-11,15H,6-7H2,1-5H3. The molecule has 0 bridgehead atoms. The van der Waals surface area contributed by atoms with Crippen LogP contribution in [0.4, 0.5) is 0 Å². The normalized spacial score (nSPS) is 14.4. The molecule has 0 aliphatic rings. The van der Waals surface area contributed by atoms with Crippen LogP contribution in [0.2, 0.25) is 0 Å². The van der Waals surface area contributed by atoms with Crippen LogP contribution in [0.15, 0.2) is 11.7 Å². The van der Waals surface area contributed by atoms with Crippen LogP contribution in [0.25, 0.3) is 0 Å². The first-order chi connectivity index (χ1) is 7.38. The molecule has 0 saturated carbocycles. The summed E-state index contributed by atoms with van der Waals surface area (Å²) in [5.41, 5.74) is 2.13. The fourth-order valence-corrected chi connectivity index (χ4v) is 2.27. The second-order valence-electron chi connectivity index (χ2n) is 5.81. The van der Waals surface area contributed by atoms with E-state index >= 15 is 0 Å². The first-order valence-corrected chi connectivity index (χ1v) is 6.89. The number of nitrogens with one attached hydrogen (secondary N) is 1. The highest BCUT2D eigenvalue weighted by Gasteiger charge is 2.18. The first-order valence-electron chi connectivity index (χ1n) is 6.01. The van der Waals surface area contributed by atoms with E-state index in [0.717, 1.165) is 13.0 Å². The van der Waals surface area contributed by atoms with Gasteiger partial charge in [0, 0.05) is 16.6 Å². The lowest BCUT2D eigenvalue weighted by Gasteiger charge is -2.27. The van der Waals surface area contributed by atoms with Crippen molar-refractivity contribution in [2.75, 3.05) is 6.54 Å². The zero-order chi connectivity index (χ0) is 12.2. The van der Waals surface area contributed by atoms with E-state index in [-0.39, 0.29) is 5.54 Å². The van der Waals surface area contributed by atoms with Gasteiger partial charge in [-0.3, -0.25) is 4.98 Å². The van der Waals surface area contributed by atoms with Gasteiger partial charge in [-0.05, 0) is 45.6 Å². The van der Waals surface area contributed by atoms with Gasteiger partial charge >= 0.3 is 0 Å². The topological polar surface area (TPSA) is 24.9 Å². The number of aromatic nitrogens is 1. The second-order valence-corrected chi connectivity index (χ2v) is 6.78. The van der Waals surface area contributed by atoms with Gasteiger partial charge < -0.3 is 5.32 Å². The van der Waals surface area contributed by atoms with Crippen LogP contribution in [0.1, 0.15) is 39.5 Å². The fourth-order valence-electron chi connectivity index (χ4n) is 1.58. The quantitative estimate of drug-likeness (QED) is 0.854. The zero-order valence-corrected chi connectivity index (χ0v) is 11.9. The first kappa shape index (κ1) is 13.7. The Morgan fingerprint density at radius 3 is 2.50 bits per heavy atom. The smallest absolute Gasteiger partial charge is 0.0794 e. The molecule has 0 fully saturated rings. The molecule has 3 heteroatoms. The summed E-state index contributed by atoms with van der Waals surface area (Å²) in [5, 5.41) is 3.60. The summed E-state index contributed by atoms with van der Waals surface area (Å²) >= 11 is 1.76. The van der Waals surface area contributed by atoms with Crippen LogP contribution in [-0.4, -0.2) is 17.1 Å². The van der Waals surface area contributed by atoms with Crippen molar-refractivity contribution in [3.05, 3.63) is 16.6 Å². The number of rotatable bonds is 5. The Labute approximate surface area is 103 Å². The number of thiazole rings is 1. The summed E-state index contributed by atoms with van der Waals surface area (Å²) in [4.78, 5) is 5.54. The van der Waals surface area contributed by atoms with Crippen LogP contribution in [0, 0.1) is 11.8 Å². The van der Waals surface area contributed by atoms with E-state index in [9.17, 15) is 0 Å². The SMILES string of the molecule is CC(C)C(CNC(C)(C)C)Cc1cncs1. The Morgan fingerprint density at radius 2 is 2.06 bits per heavy atom. The third-order valence-corrected chi connectivity index (χ3v) is 3.59. The molecule has 16 heavy (non-hydrogen) atoms. The minimum Gasteiger partial charge on any atom is -0.312 e. The molecule has 1 aromatic heterocycles. The Bertz CT molecular complexity index is 285. The number of nitrogens with zero attached hydrogens (tertiary/aromatic N) is 1. The fraction of sp³-hybridized carbons (Fsp3) is 0.769. The molecule has 0 saturated heterocycles. The molecule has 0 aromatic carbocycles. The average Bonchev–Trinajstić information content (AvgIpc) is 2.62. The molecule has 1 N–H and O–H groups in total. The molecule has 0 aliphatic heterocycles. The van der Waals surface area contributed by atoms with Gasteiger partial charge in [-0.2, -0.15) is 0 Å². The van der Waals surface area contributed by atoms with Gasteiger partial charge in [0.25, 0.3) is 0 Å². The molecule has 0 spiro atoms. The summed E-state index contributed by atoms with van der Waals surface area (Å²) in [6.45, 7) is 12.3. The molecule has 0 aliphatic carbocycles. The summed E-state index contributed by atoms with van der Waals surface area (Å²) < 4.78 is 0. The van der Waals surface area contributed by atoms with Crippen molar-refractivity contribution in [1.29, 1.82) is 0 Å². The molecule has 0 amide bonds. The Morgan fingerprint density at radius 1 is 1.38 bits per heavy atom. The summed E-state index contributed by atoms with van der Waals surface area (Å²) in [6, 6.07) is 0. The second kappa shape index (κ2) is 5.78. The molecule has 1 aromatic rings. The van der Waals surface area contributed by atoms with Gasteiger partial charge in [0.15, 0.2) is 0 Å². The van der Waals surface area contributed by atoms with E-state index in [1.807, 2.05) is 11.7 Å². The van der Waals surface area contributed by atoms with Gasteiger partial charge in [0.1, 0.15) is 0 Å². The van der Waals surface area contributed by atoms with Crippen LogP contribution in [0.3, 0.4) is 0 Å². The lowest BCUT2D eigenvalue weighted by molar-refractivity contribution is 0.313. The average molecular weight is 240 g/mol. The highest BCUT2D eigenvalue weighted by molar-refractivity contribution is 7.09. The maximum Gasteiger partial charge on any atom is 0.0794 e. The number of hydrogen-bond acceptors (Lipinski definition) is 3. The van der Waals surface area contributed by atoms with Crippen molar-refractivity contribution >= 4 is 11.3 Å². The highest BCUT2D eigenvalue weighted by atomic mass is 32.1. The van der Waals surface area contributed by atoms with Crippen molar-refractivity contribution in [1.82, 2.24) is 10.3 Å².